The molecule has 0 unspecified atom stereocenters. The van der Waals surface area contributed by atoms with E-state index in [0.29, 0.717) is 25.7 Å². The van der Waals surface area contributed by atoms with Gasteiger partial charge in [0.1, 0.15) is 12.9 Å². The topological polar surface area (TPSA) is 44.2 Å². The molecule has 0 atom stereocenters. The van der Waals surface area contributed by atoms with Crippen molar-refractivity contribution in [1.82, 2.24) is 9.97 Å². The van der Waals surface area contributed by atoms with E-state index >= 15 is 0 Å². The zero-order valence-corrected chi connectivity index (χ0v) is 8.95. The highest BCUT2D eigenvalue weighted by Gasteiger charge is 2.00. The van der Waals surface area contributed by atoms with Gasteiger partial charge in [-0.15, -0.1) is 0 Å². The lowest BCUT2D eigenvalue weighted by molar-refractivity contribution is 0.108. The van der Waals surface area contributed by atoms with E-state index in [1.807, 2.05) is 6.92 Å². The lowest BCUT2D eigenvalue weighted by Gasteiger charge is -2.05. The fraction of sp³-hybridized carbons (Fsp3) is 0.500. The van der Waals surface area contributed by atoms with E-state index in [0.717, 1.165) is 4.47 Å². The van der Waals surface area contributed by atoms with Crippen LogP contribution in [0.3, 0.4) is 0 Å². The highest BCUT2D eigenvalue weighted by atomic mass is 79.9. The van der Waals surface area contributed by atoms with Gasteiger partial charge in [-0.05, 0) is 22.9 Å². The standard InChI is InChI=1S/C8H11BrN2O2/c1-2-12-3-4-13-8-7(9)5-10-6-11-8/h5-6H,2-4H2,1H3. The van der Waals surface area contributed by atoms with Gasteiger partial charge < -0.3 is 9.47 Å². The van der Waals surface area contributed by atoms with Crippen molar-refractivity contribution in [2.24, 2.45) is 0 Å². The summed E-state index contributed by atoms with van der Waals surface area (Å²) >= 11 is 3.27. The van der Waals surface area contributed by atoms with Gasteiger partial charge in [-0.1, -0.05) is 0 Å². The van der Waals surface area contributed by atoms with Gasteiger partial charge in [-0.25, -0.2) is 9.97 Å². The maximum atomic E-state index is 5.32. The minimum absolute atomic E-state index is 0.503. The van der Waals surface area contributed by atoms with Crippen molar-refractivity contribution in [2.75, 3.05) is 19.8 Å². The van der Waals surface area contributed by atoms with E-state index in [4.69, 9.17) is 9.47 Å². The maximum absolute atomic E-state index is 5.32. The molecule has 0 aliphatic carbocycles. The summed E-state index contributed by atoms with van der Waals surface area (Å²) in [5.74, 6) is 0.551. The van der Waals surface area contributed by atoms with Crippen molar-refractivity contribution >= 4 is 15.9 Å². The number of hydrogen-bond acceptors (Lipinski definition) is 4. The third-order valence-corrected chi connectivity index (χ3v) is 1.85. The third kappa shape index (κ3) is 3.69. The van der Waals surface area contributed by atoms with Crippen LogP contribution in [0.15, 0.2) is 17.0 Å². The Kier molecular flexibility index (Phi) is 4.70. The average molecular weight is 247 g/mol. The molecule has 0 N–H and O–H groups in total. The number of nitrogens with zero attached hydrogens (tertiary/aromatic N) is 2. The van der Waals surface area contributed by atoms with Gasteiger partial charge in [0, 0.05) is 12.8 Å². The molecule has 0 fully saturated rings. The molecule has 1 heterocycles. The Morgan fingerprint density at radius 3 is 3.00 bits per heavy atom. The van der Waals surface area contributed by atoms with E-state index in [-0.39, 0.29) is 0 Å². The van der Waals surface area contributed by atoms with Gasteiger partial charge in [0.05, 0.1) is 11.1 Å². The summed E-state index contributed by atoms with van der Waals surface area (Å²) in [7, 11) is 0. The molecule has 1 rings (SSSR count). The largest absolute Gasteiger partial charge is 0.474 e. The van der Waals surface area contributed by atoms with Crippen LogP contribution in [0, 0.1) is 0 Å². The highest BCUT2D eigenvalue weighted by Crippen LogP contribution is 2.19. The summed E-state index contributed by atoms with van der Waals surface area (Å²) in [6.07, 6.45) is 3.09. The molecule has 1 aromatic rings. The first-order valence-electron chi connectivity index (χ1n) is 4.00. The minimum Gasteiger partial charge on any atom is -0.474 e. The molecule has 5 heteroatoms. The molecule has 13 heavy (non-hydrogen) atoms. The lowest BCUT2D eigenvalue weighted by Crippen LogP contribution is -2.07. The smallest absolute Gasteiger partial charge is 0.231 e. The molecule has 0 saturated heterocycles. The van der Waals surface area contributed by atoms with Crippen LogP contribution in [0.25, 0.3) is 0 Å². The second-order valence-corrected chi connectivity index (χ2v) is 3.08. The minimum atomic E-state index is 0.503. The zero-order valence-electron chi connectivity index (χ0n) is 7.36. The Morgan fingerprint density at radius 2 is 2.31 bits per heavy atom. The van der Waals surface area contributed by atoms with Crippen molar-refractivity contribution in [3.63, 3.8) is 0 Å². The van der Waals surface area contributed by atoms with Crippen LogP contribution in [0.5, 0.6) is 5.88 Å². The first-order valence-corrected chi connectivity index (χ1v) is 4.80. The molecule has 1 aromatic heterocycles. The molecular weight excluding hydrogens is 236 g/mol. The molecule has 72 valence electrons. The van der Waals surface area contributed by atoms with Crippen LogP contribution in [0.4, 0.5) is 0 Å². The normalized spacial score (nSPS) is 10.0. The van der Waals surface area contributed by atoms with Gasteiger partial charge in [-0.2, -0.15) is 0 Å². The first-order chi connectivity index (χ1) is 6.34. The van der Waals surface area contributed by atoms with Crippen molar-refractivity contribution in [1.29, 1.82) is 0 Å². The van der Waals surface area contributed by atoms with Crippen molar-refractivity contribution < 1.29 is 9.47 Å². The number of aromatic nitrogens is 2. The Morgan fingerprint density at radius 1 is 1.46 bits per heavy atom. The summed E-state index contributed by atoms with van der Waals surface area (Å²) in [4.78, 5) is 7.76. The lowest BCUT2D eigenvalue weighted by atomic mass is 10.6. The highest BCUT2D eigenvalue weighted by molar-refractivity contribution is 9.10. The molecule has 4 nitrogen and oxygen atoms in total. The molecule has 0 amide bonds. The predicted molar refractivity (Wildman–Crippen MR) is 51.7 cm³/mol. The van der Waals surface area contributed by atoms with E-state index < -0.39 is 0 Å². The van der Waals surface area contributed by atoms with Gasteiger partial charge in [-0.3, -0.25) is 0 Å². The summed E-state index contributed by atoms with van der Waals surface area (Å²) in [6, 6.07) is 0. The van der Waals surface area contributed by atoms with Crippen LogP contribution in [0.2, 0.25) is 0 Å². The van der Waals surface area contributed by atoms with E-state index in [2.05, 4.69) is 25.9 Å². The summed E-state index contributed by atoms with van der Waals surface area (Å²) in [5, 5.41) is 0. The Bertz CT molecular complexity index is 258. The monoisotopic (exact) mass is 246 g/mol. The van der Waals surface area contributed by atoms with Crippen molar-refractivity contribution in [2.45, 2.75) is 6.92 Å². The predicted octanol–water partition coefficient (Wildman–Crippen LogP) is 1.65. The molecule has 0 aliphatic rings. The summed E-state index contributed by atoms with van der Waals surface area (Å²) < 4.78 is 11.2. The molecule has 0 saturated carbocycles. The number of rotatable bonds is 5. The average Bonchev–Trinajstić information content (AvgIpc) is 2.15. The van der Waals surface area contributed by atoms with Crippen LogP contribution in [-0.2, 0) is 4.74 Å². The van der Waals surface area contributed by atoms with E-state index in [1.54, 1.807) is 6.20 Å². The van der Waals surface area contributed by atoms with Gasteiger partial charge in [0.2, 0.25) is 5.88 Å². The third-order valence-electron chi connectivity index (χ3n) is 1.30. The Labute approximate surface area is 85.4 Å². The molecular formula is C8H11BrN2O2. The van der Waals surface area contributed by atoms with E-state index in [9.17, 15) is 0 Å². The van der Waals surface area contributed by atoms with Crippen molar-refractivity contribution in [3.05, 3.63) is 17.0 Å². The molecule has 0 aliphatic heterocycles. The quantitative estimate of drug-likeness (QED) is 0.742. The molecule has 0 spiro atoms. The molecule has 0 aromatic carbocycles. The maximum Gasteiger partial charge on any atom is 0.231 e. The van der Waals surface area contributed by atoms with Crippen LogP contribution in [0.1, 0.15) is 6.92 Å². The summed E-state index contributed by atoms with van der Waals surface area (Å²) in [5.41, 5.74) is 0. The van der Waals surface area contributed by atoms with Gasteiger partial charge >= 0.3 is 0 Å². The molecule has 0 bridgehead atoms. The Hall–Kier alpha value is -0.680. The number of ether oxygens (including phenoxy) is 2. The van der Waals surface area contributed by atoms with Gasteiger partial charge in [0.15, 0.2) is 0 Å². The van der Waals surface area contributed by atoms with Crippen LogP contribution < -0.4 is 4.74 Å². The fourth-order valence-corrected chi connectivity index (χ4v) is 1.08. The summed E-state index contributed by atoms with van der Waals surface area (Å²) in [6.45, 7) is 3.73. The van der Waals surface area contributed by atoms with Crippen molar-refractivity contribution in [3.8, 4) is 5.88 Å². The second kappa shape index (κ2) is 5.88. The number of hydrogen-bond donors (Lipinski definition) is 0. The van der Waals surface area contributed by atoms with E-state index in [1.165, 1.54) is 6.33 Å². The zero-order chi connectivity index (χ0) is 9.52. The van der Waals surface area contributed by atoms with Gasteiger partial charge in [0.25, 0.3) is 0 Å². The molecule has 0 radical (unpaired) electrons. The van der Waals surface area contributed by atoms with Crippen LogP contribution in [-0.4, -0.2) is 29.8 Å². The number of halogens is 1. The van der Waals surface area contributed by atoms with Crippen LogP contribution >= 0.6 is 15.9 Å². The fourth-order valence-electron chi connectivity index (χ4n) is 0.749. The Balaban J connectivity index is 2.32. The SMILES string of the molecule is CCOCCOc1ncncc1Br. The second-order valence-electron chi connectivity index (χ2n) is 2.22. The first kappa shape index (κ1) is 10.4.